The van der Waals surface area contributed by atoms with E-state index in [2.05, 4.69) is 9.88 Å². The van der Waals surface area contributed by atoms with Gasteiger partial charge >= 0.3 is 0 Å². The van der Waals surface area contributed by atoms with Crippen LogP contribution in [0.25, 0.3) is 0 Å². The SMILES string of the molecule is Cc1cc(C(N)=O)c(N2CCC3(CCCC3)C2)nc1C. The Hall–Kier alpha value is -1.58. The summed E-state index contributed by atoms with van der Waals surface area (Å²) in [5.74, 6) is 0.423. The van der Waals surface area contributed by atoms with Crippen molar-refractivity contribution in [1.82, 2.24) is 4.98 Å². The molecule has 1 saturated carbocycles. The van der Waals surface area contributed by atoms with Crippen molar-refractivity contribution in [3.05, 3.63) is 22.9 Å². The minimum Gasteiger partial charge on any atom is -0.365 e. The Kier molecular flexibility index (Phi) is 3.19. The van der Waals surface area contributed by atoms with Crippen LogP contribution in [0, 0.1) is 19.3 Å². The summed E-state index contributed by atoms with van der Waals surface area (Å²) in [6, 6.07) is 1.89. The fourth-order valence-electron chi connectivity index (χ4n) is 3.76. The first-order chi connectivity index (χ1) is 9.51. The smallest absolute Gasteiger partial charge is 0.252 e. The number of nitrogens with zero attached hydrogens (tertiary/aromatic N) is 2. The van der Waals surface area contributed by atoms with E-state index in [-0.39, 0.29) is 5.91 Å². The Bertz CT molecular complexity index is 547. The third-order valence-electron chi connectivity index (χ3n) is 5.11. The number of nitrogens with two attached hydrogens (primary N) is 1. The molecule has 0 aromatic carbocycles. The van der Waals surface area contributed by atoms with Crippen molar-refractivity contribution < 1.29 is 4.79 Å². The summed E-state index contributed by atoms with van der Waals surface area (Å²) in [7, 11) is 0. The molecule has 2 N–H and O–H groups in total. The first-order valence-corrected chi connectivity index (χ1v) is 7.54. The van der Waals surface area contributed by atoms with Gasteiger partial charge in [-0.25, -0.2) is 4.98 Å². The quantitative estimate of drug-likeness (QED) is 0.901. The fourth-order valence-corrected chi connectivity index (χ4v) is 3.76. The average molecular weight is 273 g/mol. The third kappa shape index (κ3) is 2.17. The van der Waals surface area contributed by atoms with Crippen LogP contribution in [0.15, 0.2) is 6.07 Å². The maximum atomic E-state index is 11.7. The molecule has 1 aromatic heterocycles. The first-order valence-electron chi connectivity index (χ1n) is 7.54. The van der Waals surface area contributed by atoms with Gasteiger partial charge in [0.15, 0.2) is 0 Å². The number of hydrogen-bond donors (Lipinski definition) is 1. The standard InChI is InChI=1S/C16H23N3O/c1-11-9-13(14(17)20)15(18-12(11)2)19-8-7-16(10-19)5-3-4-6-16/h9H,3-8,10H2,1-2H3,(H2,17,20). The summed E-state index contributed by atoms with van der Waals surface area (Å²) < 4.78 is 0. The Morgan fingerprint density at radius 2 is 2.00 bits per heavy atom. The van der Waals surface area contributed by atoms with Crippen LogP contribution in [0.4, 0.5) is 5.82 Å². The Labute approximate surface area is 120 Å². The lowest BCUT2D eigenvalue weighted by atomic mass is 9.86. The zero-order valence-electron chi connectivity index (χ0n) is 12.4. The largest absolute Gasteiger partial charge is 0.365 e. The highest BCUT2D eigenvalue weighted by Crippen LogP contribution is 2.46. The number of carbonyl (C=O) groups excluding carboxylic acids is 1. The highest BCUT2D eigenvalue weighted by Gasteiger charge is 2.41. The van der Waals surface area contributed by atoms with E-state index >= 15 is 0 Å². The van der Waals surface area contributed by atoms with Crippen molar-refractivity contribution in [2.45, 2.75) is 46.0 Å². The van der Waals surface area contributed by atoms with Gasteiger partial charge in [0.1, 0.15) is 5.82 Å². The van der Waals surface area contributed by atoms with Crippen LogP contribution in [0.3, 0.4) is 0 Å². The van der Waals surface area contributed by atoms with Crippen molar-refractivity contribution in [3.8, 4) is 0 Å². The number of amides is 1. The van der Waals surface area contributed by atoms with E-state index in [1.807, 2.05) is 19.9 Å². The zero-order chi connectivity index (χ0) is 14.3. The fraction of sp³-hybridized carbons (Fsp3) is 0.625. The van der Waals surface area contributed by atoms with Gasteiger partial charge in [0.25, 0.3) is 5.91 Å². The highest BCUT2D eigenvalue weighted by atomic mass is 16.1. The molecule has 108 valence electrons. The van der Waals surface area contributed by atoms with Crippen LogP contribution >= 0.6 is 0 Å². The van der Waals surface area contributed by atoms with E-state index < -0.39 is 0 Å². The highest BCUT2D eigenvalue weighted by molar-refractivity contribution is 5.98. The lowest BCUT2D eigenvalue weighted by Crippen LogP contribution is -2.28. The molecule has 1 spiro atoms. The number of carbonyl (C=O) groups is 1. The number of aromatic nitrogens is 1. The van der Waals surface area contributed by atoms with Crippen molar-refractivity contribution in [1.29, 1.82) is 0 Å². The lowest BCUT2D eigenvalue weighted by Gasteiger charge is -2.25. The Morgan fingerprint density at radius 1 is 1.30 bits per heavy atom. The third-order valence-corrected chi connectivity index (χ3v) is 5.11. The molecule has 0 bridgehead atoms. The number of rotatable bonds is 2. The Balaban J connectivity index is 1.94. The summed E-state index contributed by atoms with van der Waals surface area (Å²) in [5, 5.41) is 0. The van der Waals surface area contributed by atoms with Crippen LogP contribution in [-0.2, 0) is 0 Å². The van der Waals surface area contributed by atoms with Gasteiger partial charge in [-0.1, -0.05) is 12.8 Å². The Morgan fingerprint density at radius 3 is 2.65 bits per heavy atom. The van der Waals surface area contributed by atoms with Crippen LogP contribution < -0.4 is 10.6 Å². The normalized spacial score (nSPS) is 20.8. The van der Waals surface area contributed by atoms with Gasteiger partial charge in [0, 0.05) is 18.8 Å². The predicted molar refractivity (Wildman–Crippen MR) is 80.0 cm³/mol. The van der Waals surface area contributed by atoms with E-state index in [1.165, 1.54) is 32.1 Å². The maximum Gasteiger partial charge on any atom is 0.252 e. The first kappa shape index (κ1) is 13.4. The summed E-state index contributed by atoms with van der Waals surface area (Å²) in [6.45, 7) is 5.99. The summed E-state index contributed by atoms with van der Waals surface area (Å²) >= 11 is 0. The maximum absolute atomic E-state index is 11.7. The second kappa shape index (κ2) is 4.76. The summed E-state index contributed by atoms with van der Waals surface area (Å²) in [4.78, 5) is 18.6. The molecule has 1 aliphatic carbocycles. The van der Waals surface area contributed by atoms with Gasteiger partial charge in [0.2, 0.25) is 0 Å². The molecule has 4 nitrogen and oxygen atoms in total. The average Bonchev–Trinajstić information content (AvgIpc) is 3.03. The predicted octanol–water partition coefficient (Wildman–Crippen LogP) is 2.57. The van der Waals surface area contributed by atoms with Crippen molar-refractivity contribution >= 4 is 11.7 Å². The second-order valence-electron chi connectivity index (χ2n) is 6.50. The molecule has 3 rings (SSSR count). The zero-order valence-corrected chi connectivity index (χ0v) is 12.4. The molecule has 2 fully saturated rings. The molecule has 2 heterocycles. The number of pyridine rings is 1. The van der Waals surface area contributed by atoms with E-state index in [9.17, 15) is 4.79 Å². The lowest BCUT2D eigenvalue weighted by molar-refractivity contribution is 0.100. The van der Waals surface area contributed by atoms with Crippen LogP contribution in [0.1, 0.15) is 53.7 Å². The molecule has 1 amide bonds. The topological polar surface area (TPSA) is 59.2 Å². The van der Waals surface area contributed by atoms with Gasteiger partial charge in [-0.2, -0.15) is 0 Å². The van der Waals surface area contributed by atoms with E-state index in [0.29, 0.717) is 11.0 Å². The van der Waals surface area contributed by atoms with Crippen molar-refractivity contribution in [3.63, 3.8) is 0 Å². The van der Waals surface area contributed by atoms with Gasteiger partial charge in [-0.05, 0) is 50.2 Å². The summed E-state index contributed by atoms with van der Waals surface area (Å²) in [6.07, 6.45) is 6.55. The van der Waals surface area contributed by atoms with Gasteiger partial charge < -0.3 is 10.6 Å². The van der Waals surface area contributed by atoms with Crippen molar-refractivity contribution in [2.24, 2.45) is 11.1 Å². The van der Waals surface area contributed by atoms with Gasteiger partial charge in [0.05, 0.1) is 5.56 Å². The number of aryl methyl sites for hydroxylation is 2. The molecule has 1 aromatic rings. The van der Waals surface area contributed by atoms with E-state index in [4.69, 9.17) is 5.73 Å². The number of hydrogen-bond acceptors (Lipinski definition) is 3. The minimum absolute atomic E-state index is 0.372. The molecular formula is C16H23N3O. The molecule has 4 heteroatoms. The molecule has 0 unspecified atom stereocenters. The molecular weight excluding hydrogens is 250 g/mol. The van der Waals surface area contributed by atoms with Crippen LogP contribution in [0.5, 0.6) is 0 Å². The van der Waals surface area contributed by atoms with Gasteiger partial charge in [-0.3, -0.25) is 4.79 Å². The summed E-state index contributed by atoms with van der Waals surface area (Å²) in [5.41, 5.74) is 8.59. The van der Waals surface area contributed by atoms with Gasteiger partial charge in [-0.15, -0.1) is 0 Å². The molecule has 20 heavy (non-hydrogen) atoms. The minimum atomic E-state index is -0.372. The number of primary amides is 1. The monoisotopic (exact) mass is 273 g/mol. The van der Waals surface area contributed by atoms with E-state index in [0.717, 1.165) is 30.2 Å². The molecule has 1 saturated heterocycles. The molecule has 0 atom stereocenters. The second-order valence-corrected chi connectivity index (χ2v) is 6.50. The number of anilines is 1. The molecule has 0 radical (unpaired) electrons. The van der Waals surface area contributed by atoms with Crippen LogP contribution in [0.2, 0.25) is 0 Å². The molecule has 2 aliphatic rings. The van der Waals surface area contributed by atoms with Crippen molar-refractivity contribution in [2.75, 3.05) is 18.0 Å². The van der Waals surface area contributed by atoms with Crippen LogP contribution in [-0.4, -0.2) is 24.0 Å². The van der Waals surface area contributed by atoms with E-state index in [1.54, 1.807) is 0 Å². The molecule has 1 aliphatic heterocycles.